The molecule has 3 aromatic rings. The van der Waals surface area contributed by atoms with Gasteiger partial charge in [0, 0.05) is 34.2 Å². The average Bonchev–Trinajstić information content (AvgIpc) is 2.72. The van der Waals surface area contributed by atoms with Gasteiger partial charge in [-0.25, -0.2) is 19.9 Å². The molecular formula is C23H26N6O2S2. The summed E-state index contributed by atoms with van der Waals surface area (Å²) in [5.41, 5.74) is 5.61. The first-order valence-corrected chi connectivity index (χ1v) is 12.3. The Morgan fingerprint density at radius 2 is 1.15 bits per heavy atom. The summed E-state index contributed by atoms with van der Waals surface area (Å²) in [6.07, 6.45) is 0. The molecule has 1 aromatic carbocycles. The summed E-state index contributed by atoms with van der Waals surface area (Å²) in [5.74, 6) is 0.0273. The van der Waals surface area contributed by atoms with E-state index < -0.39 is 0 Å². The minimum Gasteiger partial charge on any atom is -0.325 e. The zero-order chi connectivity index (χ0) is 24.0. The molecule has 0 spiro atoms. The highest BCUT2D eigenvalue weighted by molar-refractivity contribution is 8.00. The van der Waals surface area contributed by atoms with Gasteiger partial charge in [-0.05, 0) is 64.4 Å². The predicted molar refractivity (Wildman–Crippen MR) is 133 cm³/mol. The Balaban J connectivity index is 1.55. The Kier molecular flexibility index (Phi) is 8.40. The van der Waals surface area contributed by atoms with Crippen LogP contribution in [0.4, 0.5) is 11.4 Å². The topological polar surface area (TPSA) is 110 Å². The summed E-state index contributed by atoms with van der Waals surface area (Å²) in [6.45, 7) is 9.49. The third-order valence-corrected chi connectivity index (χ3v) is 6.08. The highest BCUT2D eigenvalue weighted by Gasteiger charge is 2.11. The fraction of sp³-hybridized carbons (Fsp3) is 0.304. The standard InChI is InChI=1S/C23H26N6O2S2/c1-13-6-7-18(28-20(30)11-32-22-24-14(2)8-15(3)25-22)10-19(13)29-21(31)12-33-23-26-16(4)9-17(5)27-23/h6-10H,11-12H2,1-5H3,(H,28,30)(H,29,31). The molecule has 0 saturated carbocycles. The molecule has 172 valence electrons. The number of anilines is 2. The Morgan fingerprint density at radius 3 is 1.64 bits per heavy atom. The molecule has 0 atom stereocenters. The fourth-order valence-electron chi connectivity index (χ4n) is 2.99. The van der Waals surface area contributed by atoms with E-state index in [0.717, 1.165) is 28.3 Å². The second kappa shape index (κ2) is 11.2. The number of aromatic nitrogens is 4. The van der Waals surface area contributed by atoms with Crippen molar-refractivity contribution in [1.29, 1.82) is 0 Å². The van der Waals surface area contributed by atoms with E-state index >= 15 is 0 Å². The van der Waals surface area contributed by atoms with Crippen LogP contribution in [-0.2, 0) is 9.59 Å². The second-order valence-electron chi connectivity index (χ2n) is 7.57. The molecule has 0 aliphatic rings. The lowest BCUT2D eigenvalue weighted by molar-refractivity contribution is -0.114. The minimum atomic E-state index is -0.175. The Hall–Kier alpha value is -2.98. The van der Waals surface area contributed by atoms with E-state index in [1.807, 2.05) is 52.8 Å². The van der Waals surface area contributed by atoms with E-state index in [9.17, 15) is 9.59 Å². The molecule has 0 aliphatic carbocycles. The van der Waals surface area contributed by atoms with E-state index in [1.54, 1.807) is 12.1 Å². The maximum absolute atomic E-state index is 12.5. The number of carbonyl (C=O) groups excluding carboxylic acids is 2. The third-order valence-electron chi connectivity index (χ3n) is 4.38. The first kappa shape index (κ1) is 24.7. The smallest absolute Gasteiger partial charge is 0.234 e. The van der Waals surface area contributed by atoms with E-state index in [0.29, 0.717) is 21.7 Å². The number of carbonyl (C=O) groups is 2. The van der Waals surface area contributed by atoms with Gasteiger partial charge in [0.05, 0.1) is 11.5 Å². The largest absolute Gasteiger partial charge is 0.325 e. The van der Waals surface area contributed by atoms with Gasteiger partial charge < -0.3 is 10.6 Å². The van der Waals surface area contributed by atoms with Crippen LogP contribution in [-0.4, -0.2) is 43.3 Å². The van der Waals surface area contributed by atoms with Crippen molar-refractivity contribution in [2.45, 2.75) is 44.9 Å². The molecule has 0 bridgehead atoms. The molecule has 0 aliphatic heterocycles. The highest BCUT2D eigenvalue weighted by atomic mass is 32.2. The molecule has 0 unspecified atom stereocenters. The van der Waals surface area contributed by atoms with Crippen molar-refractivity contribution < 1.29 is 9.59 Å². The number of rotatable bonds is 8. The maximum atomic E-state index is 12.5. The first-order valence-electron chi connectivity index (χ1n) is 10.3. The number of aryl methyl sites for hydroxylation is 5. The molecule has 2 amide bonds. The predicted octanol–water partition coefficient (Wildman–Crippen LogP) is 4.27. The van der Waals surface area contributed by atoms with Crippen LogP contribution >= 0.6 is 23.5 Å². The number of amides is 2. The Bertz CT molecular complexity index is 1150. The van der Waals surface area contributed by atoms with E-state index in [2.05, 4.69) is 30.6 Å². The summed E-state index contributed by atoms with van der Waals surface area (Å²) in [4.78, 5) is 42.2. The van der Waals surface area contributed by atoms with Crippen LogP contribution in [0.1, 0.15) is 28.3 Å². The van der Waals surface area contributed by atoms with Crippen LogP contribution in [0.15, 0.2) is 40.6 Å². The number of thioether (sulfide) groups is 2. The summed E-state index contributed by atoms with van der Waals surface area (Å²) in [7, 11) is 0. The van der Waals surface area contributed by atoms with Gasteiger partial charge in [0.15, 0.2) is 10.3 Å². The van der Waals surface area contributed by atoms with Crippen LogP contribution in [0.25, 0.3) is 0 Å². The molecule has 2 N–H and O–H groups in total. The van der Waals surface area contributed by atoms with Crippen LogP contribution in [0.5, 0.6) is 0 Å². The van der Waals surface area contributed by atoms with Gasteiger partial charge >= 0.3 is 0 Å². The third kappa shape index (κ3) is 7.83. The number of hydrogen-bond acceptors (Lipinski definition) is 8. The molecule has 2 heterocycles. The highest BCUT2D eigenvalue weighted by Crippen LogP contribution is 2.22. The monoisotopic (exact) mass is 482 g/mol. The summed E-state index contributed by atoms with van der Waals surface area (Å²) >= 11 is 2.57. The van der Waals surface area contributed by atoms with Gasteiger partial charge in [-0.15, -0.1) is 0 Å². The van der Waals surface area contributed by atoms with Crippen molar-refractivity contribution >= 4 is 46.7 Å². The van der Waals surface area contributed by atoms with Crippen LogP contribution in [0.3, 0.4) is 0 Å². The summed E-state index contributed by atoms with van der Waals surface area (Å²) in [6, 6.07) is 9.19. The minimum absolute atomic E-state index is 0.170. The van der Waals surface area contributed by atoms with Crippen molar-refractivity contribution in [3.8, 4) is 0 Å². The fourth-order valence-corrected chi connectivity index (χ4v) is 4.49. The number of nitrogens with one attached hydrogen (secondary N) is 2. The molecule has 0 saturated heterocycles. The molecule has 0 radical (unpaired) electrons. The lowest BCUT2D eigenvalue weighted by Crippen LogP contribution is -2.17. The number of nitrogens with zero attached hydrogens (tertiary/aromatic N) is 4. The molecule has 0 fully saturated rings. The molecule has 8 nitrogen and oxygen atoms in total. The number of benzene rings is 1. The van der Waals surface area contributed by atoms with Gasteiger partial charge in [0.2, 0.25) is 11.8 Å². The summed E-state index contributed by atoms with van der Waals surface area (Å²) < 4.78 is 0. The SMILES string of the molecule is Cc1cc(C)nc(SCC(=O)Nc2ccc(C)c(NC(=O)CSc3nc(C)cc(C)n3)c2)n1. The molecule has 33 heavy (non-hydrogen) atoms. The van der Waals surface area contributed by atoms with Crippen molar-refractivity contribution in [3.63, 3.8) is 0 Å². The van der Waals surface area contributed by atoms with Crippen LogP contribution in [0.2, 0.25) is 0 Å². The van der Waals surface area contributed by atoms with Crippen LogP contribution < -0.4 is 10.6 Å². The Labute approximate surface area is 201 Å². The zero-order valence-corrected chi connectivity index (χ0v) is 20.9. The molecule has 3 rings (SSSR count). The van der Waals surface area contributed by atoms with Crippen molar-refractivity contribution in [1.82, 2.24) is 19.9 Å². The van der Waals surface area contributed by atoms with Gasteiger partial charge in [-0.1, -0.05) is 29.6 Å². The van der Waals surface area contributed by atoms with E-state index in [1.165, 1.54) is 23.5 Å². The average molecular weight is 483 g/mol. The van der Waals surface area contributed by atoms with Crippen molar-refractivity contribution in [3.05, 3.63) is 58.7 Å². The number of hydrogen-bond donors (Lipinski definition) is 2. The Morgan fingerprint density at radius 1 is 0.697 bits per heavy atom. The van der Waals surface area contributed by atoms with Gasteiger partial charge in [-0.2, -0.15) is 0 Å². The lowest BCUT2D eigenvalue weighted by Gasteiger charge is -2.11. The normalized spacial score (nSPS) is 10.7. The first-order chi connectivity index (χ1) is 15.7. The van der Waals surface area contributed by atoms with E-state index in [-0.39, 0.29) is 23.3 Å². The quantitative estimate of drug-likeness (QED) is 0.362. The van der Waals surface area contributed by atoms with Gasteiger partial charge in [0.1, 0.15) is 0 Å². The zero-order valence-electron chi connectivity index (χ0n) is 19.2. The molecule has 10 heteroatoms. The molecular weight excluding hydrogens is 456 g/mol. The maximum Gasteiger partial charge on any atom is 0.234 e. The van der Waals surface area contributed by atoms with E-state index in [4.69, 9.17) is 0 Å². The summed E-state index contributed by atoms with van der Waals surface area (Å²) in [5, 5.41) is 6.91. The van der Waals surface area contributed by atoms with Gasteiger partial charge in [0.25, 0.3) is 0 Å². The lowest BCUT2D eigenvalue weighted by atomic mass is 10.2. The second-order valence-corrected chi connectivity index (χ2v) is 9.45. The van der Waals surface area contributed by atoms with Crippen molar-refractivity contribution in [2.75, 3.05) is 22.1 Å². The van der Waals surface area contributed by atoms with Crippen LogP contribution in [0, 0.1) is 34.6 Å². The van der Waals surface area contributed by atoms with Gasteiger partial charge in [-0.3, -0.25) is 9.59 Å². The van der Waals surface area contributed by atoms with Crippen molar-refractivity contribution in [2.24, 2.45) is 0 Å². The molecule has 2 aromatic heterocycles.